The van der Waals surface area contributed by atoms with Crippen molar-refractivity contribution >= 4 is 0 Å². The van der Waals surface area contributed by atoms with Gasteiger partial charge in [-0.1, -0.05) is 17.3 Å². The molecule has 2 heterocycles. The molecule has 0 bridgehead atoms. The van der Waals surface area contributed by atoms with Crippen LogP contribution in [-0.4, -0.2) is 59.9 Å². The lowest BCUT2D eigenvalue weighted by Gasteiger charge is -2.35. The van der Waals surface area contributed by atoms with E-state index in [1.54, 1.807) is 7.11 Å². The SMILES string of the molecule is COc1cccc(C(O)CN2CCN(Cc3cc(C)no3)CC2)c1. The van der Waals surface area contributed by atoms with Gasteiger partial charge in [0.05, 0.1) is 25.5 Å². The van der Waals surface area contributed by atoms with E-state index < -0.39 is 6.10 Å². The molecule has 3 rings (SSSR count). The minimum atomic E-state index is -0.497. The number of hydrogen-bond acceptors (Lipinski definition) is 6. The van der Waals surface area contributed by atoms with Crippen molar-refractivity contribution in [2.45, 2.75) is 19.6 Å². The summed E-state index contributed by atoms with van der Waals surface area (Å²) in [4.78, 5) is 4.65. The summed E-state index contributed by atoms with van der Waals surface area (Å²) in [5.74, 6) is 1.69. The molecule has 0 amide bonds. The molecule has 0 spiro atoms. The van der Waals surface area contributed by atoms with Crippen LogP contribution < -0.4 is 4.74 Å². The number of piperazine rings is 1. The molecule has 1 aliphatic rings. The van der Waals surface area contributed by atoms with Crippen molar-refractivity contribution in [3.05, 3.63) is 47.3 Å². The number of ether oxygens (including phenoxy) is 1. The van der Waals surface area contributed by atoms with E-state index >= 15 is 0 Å². The molecule has 2 aromatic rings. The van der Waals surface area contributed by atoms with Crippen LogP contribution in [-0.2, 0) is 6.54 Å². The Balaban J connectivity index is 1.47. The van der Waals surface area contributed by atoms with Crippen LogP contribution in [0.5, 0.6) is 5.75 Å². The van der Waals surface area contributed by atoms with Gasteiger partial charge in [0.1, 0.15) is 5.75 Å². The van der Waals surface area contributed by atoms with Gasteiger partial charge >= 0.3 is 0 Å². The molecule has 1 fully saturated rings. The molecule has 1 aromatic carbocycles. The Kier molecular flexibility index (Phi) is 5.50. The third kappa shape index (κ3) is 4.35. The lowest BCUT2D eigenvalue weighted by molar-refractivity contribution is 0.0669. The van der Waals surface area contributed by atoms with Crippen LogP contribution in [0.15, 0.2) is 34.9 Å². The summed E-state index contributed by atoms with van der Waals surface area (Å²) in [6.45, 7) is 7.18. The molecule has 1 unspecified atom stereocenters. The second-order valence-electron chi connectivity index (χ2n) is 6.30. The summed E-state index contributed by atoms with van der Waals surface area (Å²) in [7, 11) is 1.64. The highest BCUT2D eigenvalue weighted by molar-refractivity contribution is 5.29. The van der Waals surface area contributed by atoms with Crippen molar-refractivity contribution in [3.8, 4) is 5.75 Å². The molecule has 0 saturated carbocycles. The number of aliphatic hydroxyl groups excluding tert-OH is 1. The van der Waals surface area contributed by atoms with E-state index in [1.165, 1.54) is 0 Å². The van der Waals surface area contributed by atoms with Crippen molar-refractivity contribution in [2.24, 2.45) is 0 Å². The summed E-state index contributed by atoms with van der Waals surface area (Å²) in [5, 5.41) is 14.4. The molecule has 130 valence electrons. The predicted octanol–water partition coefficient (Wildman–Crippen LogP) is 1.84. The Morgan fingerprint density at radius 1 is 1.21 bits per heavy atom. The van der Waals surface area contributed by atoms with E-state index in [2.05, 4.69) is 15.0 Å². The molecule has 1 aromatic heterocycles. The average molecular weight is 331 g/mol. The number of aliphatic hydroxyl groups is 1. The molecule has 1 saturated heterocycles. The number of hydrogen-bond donors (Lipinski definition) is 1. The van der Waals surface area contributed by atoms with E-state index in [0.29, 0.717) is 6.54 Å². The van der Waals surface area contributed by atoms with Crippen LogP contribution in [0.3, 0.4) is 0 Å². The first-order chi connectivity index (χ1) is 11.6. The minimum Gasteiger partial charge on any atom is -0.497 e. The fourth-order valence-electron chi connectivity index (χ4n) is 3.04. The maximum Gasteiger partial charge on any atom is 0.150 e. The highest BCUT2D eigenvalue weighted by Crippen LogP contribution is 2.20. The Labute approximate surface area is 142 Å². The van der Waals surface area contributed by atoms with Gasteiger partial charge in [-0.15, -0.1) is 0 Å². The zero-order valence-electron chi connectivity index (χ0n) is 14.3. The maximum atomic E-state index is 10.5. The van der Waals surface area contributed by atoms with Crippen LogP contribution in [0, 0.1) is 6.92 Å². The number of rotatable bonds is 6. The van der Waals surface area contributed by atoms with E-state index in [9.17, 15) is 5.11 Å². The second kappa shape index (κ2) is 7.79. The molecule has 0 radical (unpaired) electrons. The second-order valence-corrected chi connectivity index (χ2v) is 6.30. The molecule has 1 atom stereocenters. The number of methoxy groups -OCH3 is 1. The molecule has 1 N–H and O–H groups in total. The van der Waals surface area contributed by atoms with Crippen LogP contribution in [0.1, 0.15) is 23.1 Å². The van der Waals surface area contributed by atoms with Crippen molar-refractivity contribution < 1.29 is 14.4 Å². The quantitative estimate of drug-likeness (QED) is 0.871. The molecular weight excluding hydrogens is 306 g/mol. The third-order valence-corrected chi connectivity index (χ3v) is 4.43. The number of aryl methyl sites for hydroxylation is 1. The van der Waals surface area contributed by atoms with Crippen LogP contribution >= 0.6 is 0 Å². The number of nitrogens with zero attached hydrogens (tertiary/aromatic N) is 3. The Hall–Kier alpha value is -1.89. The van der Waals surface area contributed by atoms with Gasteiger partial charge in [0, 0.05) is 38.8 Å². The number of benzene rings is 1. The molecule has 1 aliphatic heterocycles. The van der Waals surface area contributed by atoms with Crippen LogP contribution in [0.25, 0.3) is 0 Å². The van der Waals surface area contributed by atoms with Crippen molar-refractivity contribution in [1.82, 2.24) is 15.0 Å². The molecular formula is C18H25N3O3. The predicted molar refractivity (Wildman–Crippen MR) is 90.9 cm³/mol. The maximum absolute atomic E-state index is 10.5. The fourth-order valence-corrected chi connectivity index (χ4v) is 3.04. The Morgan fingerprint density at radius 2 is 1.96 bits per heavy atom. The van der Waals surface area contributed by atoms with E-state index in [1.807, 2.05) is 37.3 Å². The smallest absolute Gasteiger partial charge is 0.150 e. The van der Waals surface area contributed by atoms with Gasteiger partial charge in [-0.25, -0.2) is 0 Å². The summed E-state index contributed by atoms with van der Waals surface area (Å²) >= 11 is 0. The lowest BCUT2D eigenvalue weighted by Crippen LogP contribution is -2.47. The van der Waals surface area contributed by atoms with E-state index in [4.69, 9.17) is 9.26 Å². The minimum absolute atomic E-state index is 0.497. The monoisotopic (exact) mass is 331 g/mol. The summed E-state index contributed by atoms with van der Waals surface area (Å²) in [5.41, 5.74) is 1.82. The molecule has 6 heteroatoms. The fraction of sp³-hybridized carbons (Fsp3) is 0.500. The van der Waals surface area contributed by atoms with E-state index in [-0.39, 0.29) is 0 Å². The summed E-state index contributed by atoms with van der Waals surface area (Å²) in [6.07, 6.45) is -0.497. The van der Waals surface area contributed by atoms with Gasteiger partial charge < -0.3 is 14.4 Å². The van der Waals surface area contributed by atoms with E-state index in [0.717, 1.165) is 55.5 Å². The molecule has 6 nitrogen and oxygen atoms in total. The largest absolute Gasteiger partial charge is 0.497 e. The number of β-amino-alcohol motifs (C(OH)–C–C–N with tert-alkyl or cyclic N) is 1. The third-order valence-electron chi connectivity index (χ3n) is 4.43. The van der Waals surface area contributed by atoms with Gasteiger partial charge in [0.2, 0.25) is 0 Å². The van der Waals surface area contributed by atoms with Gasteiger partial charge in [0.15, 0.2) is 5.76 Å². The highest BCUT2D eigenvalue weighted by atomic mass is 16.5. The number of aromatic nitrogens is 1. The van der Waals surface area contributed by atoms with Gasteiger partial charge in [-0.3, -0.25) is 9.80 Å². The van der Waals surface area contributed by atoms with Gasteiger partial charge in [-0.2, -0.15) is 0 Å². The Morgan fingerprint density at radius 3 is 2.62 bits per heavy atom. The summed E-state index contributed by atoms with van der Waals surface area (Å²) < 4.78 is 10.5. The van der Waals surface area contributed by atoms with Crippen LogP contribution in [0.4, 0.5) is 0 Å². The first kappa shape index (κ1) is 17.0. The average Bonchev–Trinajstić information content (AvgIpc) is 3.01. The highest BCUT2D eigenvalue weighted by Gasteiger charge is 2.21. The van der Waals surface area contributed by atoms with Gasteiger partial charge in [0.25, 0.3) is 0 Å². The lowest BCUT2D eigenvalue weighted by atomic mass is 10.1. The first-order valence-corrected chi connectivity index (χ1v) is 8.33. The van der Waals surface area contributed by atoms with Crippen molar-refractivity contribution in [1.29, 1.82) is 0 Å². The standard InChI is InChI=1S/C18H25N3O3/c1-14-10-17(24-19-14)12-20-6-8-21(9-7-20)13-18(22)15-4-3-5-16(11-15)23-2/h3-5,10-11,18,22H,6-9,12-13H2,1-2H3. The van der Waals surface area contributed by atoms with Gasteiger partial charge in [-0.05, 0) is 24.6 Å². The normalized spacial score (nSPS) is 17.8. The van der Waals surface area contributed by atoms with Crippen LogP contribution in [0.2, 0.25) is 0 Å². The Bertz CT molecular complexity index is 650. The molecule has 24 heavy (non-hydrogen) atoms. The summed E-state index contributed by atoms with van der Waals surface area (Å²) in [6, 6.07) is 9.62. The van der Waals surface area contributed by atoms with Crippen molar-refractivity contribution in [3.63, 3.8) is 0 Å². The first-order valence-electron chi connectivity index (χ1n) is 8.33. The molecule has 0 aliphatic carbocycles. The zero-order valence-corrected chi connectivity index (χ0v) is 14.3. The zero-order chi connectivity index (χ0) is 16.9. The topological polar surface area (TPSA) is 62.0 Å². The van der Waals surface area contributed by atoms with Crippen molar-refractivity contribution in [2.75, 3.05) is 39.8 Å².